The van der Waals surface area contributed by atoms with Gasteiger partial charge in [0.25, 0.3) is 0 Å². The summed E-state index contributed by atoms with van der Waals surface area (Å²) in [5.41, 5.74) is 0.470. The van der Waals surface area contributed by atoms with E-state index in [2.05, 4.69) is 18.7 Å². The molecule has 1 aromatic rings. The van der Waals surface area contributed by atoms with Crippen LogP contribution in [0.1, 0.15) is 24.2 Å². The molecule has 0 aliphatic carbocycles. The number of benzene rings is 1. The average Bonchev–Trinajstić information content (AvgIpc) is 2.58. The van der Waals surface area contributed by atoms with E-state index in [1.807, 2.05) is 0 Å². The highest BCUT2D eigenvalue weighted by Crippen LogP contribution is 2.22. The van der Waals surface area contributed by atoms with Crippen LogP contribution in [-0.4, -0.2) is 30.3 Å². The zero-order valence-corrected chi connectivity index (χ0v) is 10.3. The van der Waals surface area contributed by atoms with Crippen molar-refractivity contribution in [1.29, 1.82) is 0 Å². The van der Waals surface area contributed by atoms with Gasteiger partial charge in [0, 0.05) is 18.7 Å². The van der Waals surface area contributed by atoms with Crippen LogP contribution in [-0.2, 0) is 0 Å². The Morgan fingerprint density at radius 2 is 2.00 bits per heavy atom. The number of rotatable bonds is 3. The van der Waals surface area contributed by atoms with E-state index in [0.717, 1.165) is 13.1 Å². The van der Waals surface area contributed by atoms with Gasteiger partial charge in [-0.2, -0.15) is 0 Å². The lowest BCUT2D eigenvalue weighted by Gasteiger charge is -2.14. The van der Waals surface area contributed by atoms with E-state index in [1.165, 1.54) is 12.1 Å². The monoisotopic (exact) mass is 235 g/mol. The minimum absolute atomic E-state index is 0.00537. The number of ketones is 1. The number of hydrogen-bond donors (Lipinski definition) is 0. The van der Waals surface area contributed by atoms with E-state index >= 15 is 0 Å². The Morgan fingerprint density at radius 1 is 1.35 bits per heavy atom. The zero-order chi connectivity index (χ0) is 12.4. The molecule has 1 fully saturated rings. The lowest BCUT2D eigenvalue weighted by atomic mass is 10.0. The van der Waals surface area contributed by atoms with E-state index < -0.39 is 0 Å². The summed E-state index contributed by atoms with van der Waals surface area (Å²) in [6, 6.07) is 5.92. The van der Waals surface area contributed by atoms with E-state index in [1.54, 1.807) is 12.1 Å². The van der Waals surface area contributed by atoms with Crippen LogP contribution >= 0.6 is 0 Å². The fourth-order valence-electron chi connectivity index (χ4n) is 2.33. The molecular formula is C14H18FNO. The predicted molar refractivity (Wildman–Crippen MR) is 65.5 cm³/mol. The van der Waals surface area contributed by atoms with E-state index in [0.29, 0.717) is 23.9 Å². The molecule has 1 aliphatic heterocycles. The third-order valence-electron chi connectivity index (χ3n) is 3.58. The number of nitrogens with zero attached hydrogens (tertiary/aromatic N) is 1. The summed E-state index contributed by atoms with van der Waals surface area (Å²) in [5, 5.41) is 0. The summed E-state index contributed by atoms with van der Waals surface area (Å²) < 4.78 is 13.0. The van der Waals surface area contributed by atoms with Crippen LogP contribution in [0, 0.1) is 17.7 Å². The quantitative estimate of drug-likeness (QED) is 0.751. The molecule has 0 amide bonds. The molecule has 17 heavy (non-hydrogen) atoms. The molecule has 0 aromatic heterocycles. The molecule has 2 nitrogen and oxygen atoms in total. The summed E-state index contributed by atoms with van der Waals surface area (Å²) in [4.78, 5) is 14.1. The van der Waals surface area contributed by atoms with Crippen LogP contribution in [0.15, 0.2) is 24.3 Å². The van der Waals surface area contributed by atoms with E-state index in [-0.39, 0.29) is 11.6 Å². The Bertz CT molecular complexity index is 408. The second kappa shape index (κ2) is 4.96. The first-order chi connectivity index (χ1) is 8.06. The van der Waals surface area contributed by atoms with Gasteiger partial charge in [-0.05, 0) is 24.0 Å². The number of carbonyl (C=O) groups excluding carboxylic acids is 1. The fourth-order valence-corrected chi connectivity index (χ4v) is 2.33. The van der Waals surface area contributed by atoms with Crippen molar-refractivity contribution in [2.24, 2.45) is 11.8 Å². The van der Waals surface area contributed by atoms with Crippen molar-refractivity contribution in [2.75, 3.05) is 19.6 Å². The number of halogens is 1. The van der Waals surface area contributed by atoms with Gasteiger partial charge in [0.2, 0.25) is 0 Å². The molecule has 1 aliphatic rings. The maximum absolute atomic E-state index is 13.0. The fraction of sp³-hybridized carbons (Fsp3) is 0.500. The molecule has 2 rings (SSSR count). The van der Waals surface area contributed by atoms with E-state index in [4.69, 9.17) is 0 Å². The van der Waals surface area contributed by atoms with Gasteiger partial charge in [-0.25, -0.2) is 4.39 Å². The van der Waals surface area contributed by atoms with Gasteiger partial charge in [-0.3, -0.25) is 9.69 Å². The maximum Gasteiger partial charge on any atom is 0.176 e. The zero-order valence-electron chi connectivity index (χ0n) is 10.3. The molecule has 1 aromatic carbocycles. The Hall–Kier alpha value is -1.22. The Balaban J connectivity index is 1.98. The third kappa shape index (κ3) is 2.91. The van der Waals surface area contributed by atoms with Gasteiger partial charge in [0.1, 0.15) is 5.82 Å². The van der Waals surface area contributed by atoms with Gasteiger partial charge >= 0.3 is 0 Å². The second-order valence-corrected chi connectivity index (χ2v) is 5.08. The molecule has 3 heteroatoms. The molecule has 1 saturated heterocycles. The predicted octanol–water partition coefficient (Wildman–Crippen LogP) is 2.60. The van der Waals surface area contributed by atoms with Crippen molar-refractivity contribution >= 4 is 5.78 Å². The number of likely N-dealkylation sites (tertiary alicyclic amines) is 1. The van der Waals surface area contributed by atoms with Crippen molar-refractivity contribution in [3.05, 3.63) is 35.6 Å². The highest BCUT2D eigenvalue weighted by molar-refractivity contribution is 5.97. The smallest absolute Gasteiger partial charge is 0.176 e. The summed E-state index contributed by atoms with van der Waals surface area (Å²) >= 11 is 0. The van der Waals surface area contributed by atoms with Gasteiger partial charge in [0.15, 0.2) is 5.78 Å². The van der Waals surface area contributed by atoms with Gasteiger partial charge in [-0.15, -0.1) is 0 Å². The topological polar surface area (TPSA) is 20.3 Å². The first-order valence-electron chi connectivity index (χ1n) is 6.07. The standard InChI is InChI=1S/C14H18FNO/c1-10-7-16(8-11(10)2)9-14(17)12-4-3-5-13(15)6-12/h3-6,10-11H,7-9H2,1-2H3. The first-order valence-corrected chi connectivity index (χ1v) is 6.07. The summed E-state index contributed by atoms with van der Waals surface area (Å²) in [6.45, 7) is 6.73. The summed E-state index contributed by atoms with van der Waals surface area (Å²) in [5.74, 6) is 0.926. The van der Waals surface area contributed by atoms with Gasteiger partial charge in [-0.1, -0.05) is 26.0 Å². The van der Waals surface area contributed by atoms with Crippen LogP contribution < -0.4 is 0 Å². The second-order valence-electron chi connectivity index (χ2n) is 5.08. The summed E-state index contributed by atoms with van der Waals surface area (Å²) in [6.07, 6.45) is 0. The molecule has 0 saturated carbocycles. The largest absolute Gasteiger partial charge is 0.295 e. The highest BCUT2D eigenvalue weighted by atomic mass is 19.1. The van der Waals surface area contributed by atoms with Crippen molar-refractivity contribution in [3.63, 3.8) is 0 Å². The van der Waals surface area contributed by atoms with Crippen LogP contribution in [0.4, 0.5) is 4.39 Å². The first kappa shape index (κ1) is 12.2. The van der Waals surface area contributed by atoms with E-state index in [9.17, 15) is 9.18 Å². The highest BCUT2D eigenvalue weighted by Gasteiger charge is 2.27. The Kier molecular flexibility index (Phi) is 3.57. The lowest BCUT2D eigenvalue weighted by molar-refractivity contribution is 0.0942. The normalized spacial score (nSPS) is 25.1. The van der Waals surface area contributed by atoms with Crippen molar-refractivity contribution in [1.82, 2.24) is 4.90 Å². The molecular weight excluding hydrogens is 217 g/mol. The van der Waals surface area contributed by atoms with Gasteiger partial charge in [0.05, 0.1) is 6.54 Å². The molecule has 0 N–H and O–H groups in total. The maximum atomic E-state index is 13.0. The van der Waals surface area contributed by atoms with Crippen molar-refractivity contribution in [3.8, 4) is 0 Å². The van der Waals surface area contributed by atoms with Crippen LogP contribution in [0.3, 0.4) is 0 Å². The van der Waals surface area contributed by atoms with Crippen molar-refractivity contribution < 1.29 is 9.18 Å². The Morgan fingerprint density at radius 3 is 2.59 bits per heavy atom. The molecule has 1 heterocycles. The van der Waals surface area contributed by atoms with Crippen LogP contribution in [0.25, 0.3) is 0 Å². The van der Waals surface area contributed by atoms with Crippen LogP contribution in [0.2, 0.25) is 0 Å². The minimum atomic E-state index is -0.348. The lowest BCUT2D eigenvalue weighted by Crippen LogP contribution is -2.28. The van der Waals surface area contributed by atoms with Crippen LogP contribution in [0.5, 0.6) is 0 Å². The molecule has 0 spiro atoms. The SMILES string of the molecule is CC1CN(CC(=O)c2cccc(F)c2)CC1C. The molecule has 0 radical (unpaired) electrons. The number of hydrogen-bond acceptors (Lipinski definition) is 2. The number of carbonyl (C=O) groups is 1. The molecule has 2 atom stereocenters. The van der Waals surface area contributed by atoms with Gasteiger partial charge < -0.3 is 0 Å². The minimum Gasteiger partial charge on any atom is -0.295 e. The molecule has 0 bridgehead atoms. The Labute approximate surface area is 101 Å². The third-order valence-corrected chi connectivity index (χ3v) is 3.58. The summed E-state index contributed by atoms with van der Waals surface area (Å²) in [7, 11) is 0. The average molecular weight is 235 g/mol. The molecule has 92 valence electrons. The molecule has 2 unspecified atom stereocenters. The van der Waals surface area contributed by atoms with Crippen molar-refractivity contribution in [2.45, 2.75) is 13.8 Å². The number of Topliss-reactive ketones (excluding diaryl/α,β-unsaturated/α-hetero) is 1.